The summed E-state index contributed by atoms with van der Waals surface area (Å²) in [5.41, 5.74) is 0.178. The van der Waals surface area contributed by atoms with E-state index in [4.69, 9.17) is 9.47 Å². The molecule has 0 bridgehead atoms. The van der Waals surface area contributed by atoms with Crippen LogP contribution in [0.15, 0.2) is 12.1 Å². The molecule has 1 N–H and O–H groups in total. The average molecular weight is 249 g/mol. The number of nitrogens with one attached hydrogen (secondary N) is 1. The molecule has 1 rings (SSSR count). The van der Waals surface area contributed by atoms with E-state index in [-0.39, 0.29) is 5.69 Å². The van der Waals surface area contributed by atoms with Crippen LogP contribution < -0.4 is 5.32 Å². The van der Waals surface area contributed by atoms with Crippen LogP contribution >= 0.6 is 0 Å². The van der Waals surface area contributed by atoms with Crippen molar-refractivity contribution in [1.82, 2.24) is 0 Å². The van der Waals surface area contributed by atoms with Crippen LogP contribution in [0, 0.1) is 17.5 Å². The molecule has 0 saturated heterocycles. The third-order valence-electron chi connectivity index (χ3n) is 1.99. The Labute approximate surface area is 97.5 Å². The number of ether oxygens (including phenoxy) is 2. The standard InChI is InChI=1S/C11H14F3NO2/c1-16-4-5-17-3-2-15-8-6-9(12)11(14)10(13)7-8/h6-7,15H,2-5H2,1H3. The van der Waals surface area contributed by atoms with Crippen LogP contribution in [0.2, 0.25) is 0 Å². The molecule has 0 saturated carbocycles. The van der Waals surface area contributed by atoms with Crippen LogP contribution in [0.1, 0.15) is 0 Å². The van der Waals surface area contributed by atoms with Crippen molar-refractivity contribution in [1.29, 1.82) is 0 Å². The number of hydrogen-bond donors (Lipinski definition) is 1. The molecule has 0 amide bonds. The largest absolute Gasteiger partial charge is 0.383 e. The van der Waals surface area contributed by atoms with E-state index in [1.54, 1.807) is 7.11 Å². The van der Waals surface area contributed by atoms with Gasteiger partial charge < -0.3 is 14.8 Å². The van der Waals surface area contributed by atoms with Crippen LogP contribution in [-0.2, 0) is 9.47 Å². The highest BCUT2D eigenvalue weighted by molar-refractivity contribution is 5.43. The molecule has 0 unspecified atom stereocenters. The van der Waals surface area contributed by atoms with Gasteiger partial charge in [-0.2, -0.15) is 0 Å². The van der Waals surface area contributed by atoms with Crippen molar-refractivity contribution in [2.45, 2.75) is 0 Å². The summed E-state index contributed by atoms with van der Waals surface area (Å²) in [5, 5.41) is 2.72. The van der Waals surface area contributed by atoms with Crippen molar-refractivity contribution < 1.29 is 22.6 Å². The summed E-state index contributed by atoms with van der Waals surface area (Å²) in [5.74, 6) is -3.90. The zero-order valence-electron chi connectivity index (χ0n) is 9.43. The fourth-order valence-corrected chi connectivity index (χ4v) is 1.17. The Bertz CT molecular complexity index is 338. The zero-order valence-corrected chi connectivity index (χ0v) is 9.43. The predicted molar refractivity (Wildman–Crippen MR) is 57.5 cm³/mol. The number of benzene rings is 1. The van der Waals surface area contributed by atoms with Crippen LogP contribution in [0.5, 0.6) is 0 Å². The quantitative estimate of drug-likeness (QED) is 0.593. The van der Waals surface area contributed by atoms with Gasteiger partial charge in [0, 0.05) is 31.5 Å². The third-order valence-corrected chi connectivity index (χ3v) is 1.99. The van der Waals surface area contributed by atoms with Crippen LogP contribution in [-0.4, -0.2) is 33.5 Å². The molecular weight excluding hydrogens is 235 g/mol. The number of rotatable bonds is 7. The second kappa shape index (κ2) is 7.13. The first-order valence-electron chi connectivity index (χ1n) is 5.10. The highest BCUT2D eigenvalue weighted by atomic mass is 19.2. The summed E-state index contributed by atoms with van der Waals surface area (Å²) in [7, 11) is 1.56. The molecule has 0 radical (unpaired) electrons. The topological polar surface area (TPSA) is 30.5 Å². The molecule has 0 aliphatic rings. The monoisotopic (exact) mass is 249 g/mol. The van der Waals surface area contributed by atoms with E-state index in [2.05, 4.69) is 5.32 Å². The number of hydrogen-bond acceptors (Lipinski definition) is 3. The van der Waals surface area contributed by atoms with Gasteiger partial charge in [-0.25, -0.2) is 13.2 Å². The molecule has 0 spiro atoms. The van der Waals surface area contributed by atoms with E-state index >= 15 is 0 Å². The van der Waals surface area contributed by atoms with E-state index in [1.165, 1.54) is 0 Å². The first-order chi connectivity index (χ1) is 8.15. The highest BCUT2D eigenvalue weighted by Crippen LogP contribution is 2.16. The van der Waals surface area contributed by atoms with Gasteiger partial charge in [0.1, 0.15) is 0 Å². The van der Waals surface area contributed by atoms with Crippen molar-refractivity contribution in [3.63, 3.8) is 0 Å². The lowest BCUT2D eigenvalue weighted by molar-refractivity contribution is 0.0759. The Morgan fingerprint density at radius 3 is 2.29 bits per heavy atom. The molecule has 0 aliphatic heterocycles. The maximum Gasteiger partial charge on any atom is 0.194 e. The molecule has 0 aliphatic carbocycles. The Morgan fingerprint density at radius 1 is 1.06 bits per heavy atom. The first kappa shape index (κ1) is 13.8. The number of halogens is 3. The van der Waals surface area contributed by atoms with Crippen LogP contribution in [0.3, 0.4) is 0 Å². The smallest absolute Gasteiger partial charge is 0.194 e. The van der Waals surface area contributed by atoms with Gasteiger partial charge >= 0.3 is 0 Å². The maximum absolute atomic E-state index is 12.8. The van der Waals surface area contributed by atoms with Gasteiger partial charge in [-0.3, -0.25) is 0 Å². The second-order valence-corrected chi connectivity index (χ2v) is 3.29. The lowest BCUT2D eigenvalue weighted by Crippen LogP contribution is -2.12. The van der Waals surface area contributed by atoms with Gasteiger partial charge in [-0.15, -0.1) is 0 Å². The Balaban J connectivity index is 2.32. The van der Waals surface area contributed by atoms with Gasteiger partial charge in [-0.05, 0) is 0 Å². The lowest BCUT2D eigenvalue weighted by atomic mass is 10.3. The van der Waals surface area contributed by atoms with Gasteiger partial charge in [0.2, 0.25) is 0 Å². The number of methoxy groups -OCH3 is 1. The summed E-state index contributed by atoms with van der Waals surface area (Å²) in [6.45, 7) is 1.67. The molecule has 0 fully saturated rings. The summed E-state index contributed by atoms with van der Waals surface area (Å²) in [6.07, 6.45) is 0. The van der Waals surface area contributed by atoms with Crippen LogP contribution in [0.4, 0.5) is 18.9 Å². The molecular formula is C11H14F3NO2. The molecule has 0 aromatic heterocycles. The molecule has 3 nitrogen and oxygen atoms in total. The SMILES string of the molecule is COCCOCCNc1cc(F)c(F)c(F)c1. The summed E-state index contributed by atoms with van der Waals surface area (Å²) in [4.78, 5) is 0. The van der Waals surface area contributed by atoms with Crippen molar-refractivity contribution in [3.8, 4) is 0 Å². The fraction of sp³-hybridized carbons (Fsp3) is 0.455. The predicted octanol–water partition coefficient (Wildman–Crippen LogP) is 2.18. The molecule has 1 aromatic carbocycles. The minimum atomic E-state index is -1.47. The minimum Gasteiger partial charge on any atom is -0.383 e. The van der Waals surface area contributed by atoms with E-state index in [0.717, 1.165) is 12.1 Å². The van der Waals surface area contributed by atoms with Gasteiger partial charge in [0.05, 0.1) is 19.8 Å². The molecule has 0 heterocycles. The molecule has 96 valence electrons. The Hall–Kier alpha value is -1.27. The second-order valence-electron chi connectivity index (χ2n) is 3.29. The van der Waals surface area contributed by atoms with E-state index in [0.29, 0.717) is 26.4 Å². The van der Waals surface area contributed by atoms with Crippen molar-refractivity contribution in [2.24, 2.45) is 0 Å². The fourth-order valence-electron chi connectivity index (χ4n) is 1.17. The summed E-state index contributed by atoms with van der Waals surface area (Å²) >= 11 is 0. The van der Waals surface area contributed by atoms with Crippen molar-refractivity contribution >= 4 is 5.69 Å². The Morgan fingerprint density at radius 2 is 1.71 bits per heavy atom. The molecule has 0 atom stereocenters. The molecule has 1 aromatic rings. The third kappa shape index (κ3) is 4.62. The van der Waals surface area contributed by atoms with Crippen molar-refractivity contribution in [3.05, 3.63) is 29.6 Å². The first-order valence-corrected chi connectivity index (χ1v) is 5.10. The number of anilines is 1. The normalized spacial score (nSPS) is 10.6. The van der Waals surface area contributed by atoms with Gasteiger partial charge in [-0.1, -0.05) is 0 Å². The molecule has 17 heavy (non-hydrogen) atoms. The average Bonchev–Trinajstić information content (AvgIpc) is 2.30. The van der Waals surface area contributed by atoms with E-state index in [1.807, 2.05) is 0 Å². The summed E-state index contributed by atoms with van der Waals surface area (Å²) in [6, 6.07) is 1.79. The highest BCUT2D eigenvalue weighted by Gasteiger charge is 2.09. The van der Waals surface area contributed by atoms with Crippen LogP contribution in [0.25, 0.3) is 0 Å². The molecule has 6 heteroatoms. The van der Waals surface area contributed by atoms with Gasteiger partial charge in [0.25, 0.3) is 0 Å². The van der Waals surface area contributed by atoms with E-state index in [9.17, 15) is 13.2 Å². The zero-order chi connectivity index (χ0) is 12.7. The van der Waals surface area contributed by atoms with E-state index < -0.39 is 17.5 Å². The maximum atomic E-state index is 12.8. The van der Waals surface area contributed by atoms with Crippen molar-refractivity contribution in [2.75, 3.05) is 38.8 Å². The lowest BCUT2D eigenvalue weighted by Gasteiger charge is -2.08. The van der Waals surface area contributed by atoms with Gasteiger partial charge in [0.15, 0.2) is 17.5 Å². The minimum absolute atomic E-state index is 0.178. The summed E-state index contributed by atoms with van der Waals surface area (Å²) < 4.78 is 48.1. The Kier molecular flexibility index (Phi) is 5.79.